The molecule has 5 rings (SSSR count). The molecular weight excluding hydrogens is 500 g/mol. The molecule has 40 heavy (non-hydrogen) atoms. The molecule has 9 heteroatoms. The summed E-state index contributed by atoms with van der Waals surface area (Å²) in [4.78, 5) is 31.5. The molecule has 4 heterocycles. The summed E-state index contributed by atoms with van der Waals surface area (Å²) in [5.41, 5.74) is 3.06. The summed E-state index contributed by atoms with van der Waals surface area (Å²) in [6.45, 7) is 22.1. The molecule has 1 amide bonds. The maximum absolute atomic E-state index is 12.7. The normalized spacial score (nSPS) is 20.9. The summed E-state index contributed by atoms with van der Waals surface area (Å²) in [6.07, 6.45) is 7.49. The van der Waals surface area contributed by atoms with Crippen LogP contribution in [0.1, 0.15) is 82.8 Å². The number of guanidine groups is 1. The van der Waals surface area contributed by atoms with Crippen molar-refractivity contribution in [2.75, 3.05) is 42.9 Å². The lowest BCUT2D eigenvalue weighted by Crippen LogP contribution is -2.59. The number of pyridine rings is 1. The summed E-state index contributed by atoms with van der Waals surface area (Å²) in [5, 5.41) is 6.34. The molecule has 1 aliphatic carbocycles. The fourth-order valence-electron chi connectivity index (χ4n) is 6.52. The molecule has 3 aliphatic rings. The van der Waals surface area contributed by atoms with E-state index in [2.05, 4.69) is 77.4 Å². The second-order valence-electron chi connectivity index (χ2n) is 13.6. The van der Waals surface area contributed by atoms with Crippen molar-refractivity contribution in [1.29, 1.82) is 0 Å². The molecule has 2 aromatic rings. The number of aromatic nitrogens is 2. The van der Waals surface area contributed by atoms with Crippen molar-refractivity contribution in [3.05, 3.63) is 35.7 Å². The van der Waals surface area contributed by atoms with Gasteiger partial charge in [-0.05, 0) is 82.5 Å². The van der Waals surface area contributed by atoms with Crippen LogP contribution in [0.25, 0.3) is 0 Å². The molecule has 2 fully saturated rings. The first kappa shape index (κ1) is 28.3. The number of anilines is 2. The smallest absolute Gasteiger partial charge is 0.268 e. The van der Waals surface area contributed by atoms with Crippen LogP contribution in [0, 0.1) is 12.3 Å². The third-order valence-electron chi connectivity index (χ3n) is 8.90. The number of aliphatic imine (C=N–C) groups is 2. The number of carbonyl (C=O) groups is 1. The first-order valence-electron chi connectivity index (χ1n) is 14.7. The average molecular weight is 547 g/mol. The number of nitrogens with one attached hydrogen (secondary N) is 2. The van der Waals surface area contributed by atoms with E-state index in [9.17, 15) is 4.79 Å². The van der Waals surface area contributed by atoms with Gasteiger partial charge in [-0.1, -0.05) is 33.6 Å². The van der Waals surface area contributed by atoms with E-state index in [1.54, 1.807) is 0 Å². The molecule has 2 aliphatic heterocycles. The van der Waals surface area contributed by atoms with Crippen LogP contribution >= 0.6 is 0 Å². The number of rotatable bonds is 5. The maximum Gasteiger partial charge on any atom is 0.268 e. The van der Waals surface area contributed by atoms with Gasteiger partial charge in [-0.2, -0.15) is 4.99 Å². The van der Waals surface area contributed by atoms with E-state index in [0.717, 1.165) is 68.9 Å². The number of hydrogen-bond acceptors (Lipinski definition) is 5. The molecule has 1 saturated heterocycles. The first-order valence-corrected chi connectivity index (χ1v) is 14.7. The van der Waals surface area contributed by atoms with Gasteiger partial charge < -0.3 is 20.1 Å². The van der Waals surface area contributed by atoms with Gasteiger partial charge in [-0.3, -0.25) is 9.69 Å². The SMILES string of the molecule is C=N/C(=N\c1c(C)cc2n1C1(CCCC1)CNC2=O)Nc1ccc(N2CCN(CCC(C)(C)C)C(C)(C)C2)cn1. The molecule has 0 atom stereocenters. The lowest BCUT2D eigenvalue weighted by atomic mass is 9.90. The second kappa shape index (κ2) is 10.7. The van der Waals surface area contributed by atoms with Crippen molar-refractivity contribution >= 4 is 35.9 Å². The van der Waals surface area contributed by atoms with Crippen molar-refractivity contribution in [3.8, 4) is 0 Å². The summed E-state index contributed by atoms with van der Waals surface area (Å²) < 4.78 is 2.15. The number of amides is 1. The highest BCUT2D eigenvalue weighted by molar-refractivity contribution is 5.99. The van der Waals surface area contributed by atoms with E-state index in [1.165, 1.54) is 6.42 Å². The van der Waals surface area contributed by atoms with Gasteiger partial charge in [0.2, 0.25) is 5.96 Å². The van der Waals surface area contributed by atoms with Crippen LogP contribution in [0.2, 0.25) is 0 Å². The van der Waals surface area contributed by atoms with Crippen LogP contribution in [-0.4, -0.2) is 71.3 Å². The summed E-state index contributed by atoms with van der Waals surface area (Å²) in [5.74, 6) is 1.76. The highest BCUT2D eigenvalue weighted by Crippen LogP contribution is 2.43. The van der Waals surface area contributed by atoms with Crippen molar-refractivity contribution in [2.45, 2.75) is 84.7 Å². The first-order chi connectivity index (χ1) is 18.9. The van der Waals surface area contributed by atoms with Gasteiger partial charge >= 0.3 is 0 Å². The minimum absolute atomic E-state index is 0.0429. The molecule has 9 nitrogen and oxygen atoms in total. The number of fused-ring (bicyclic) bond motifs is 2. The van der Waals surface area contributed by atoms with E-state index >= 15 is 0 Å². The Morgan fingerprint density at radius 3 is 2.58 bits per heavy atom. The number of nitrogens with zero attached hydrogens (tertiary/aromatic N) is 6. The molecule has 0 aromatic carbocycles. The fourth-order valence-corrected chi connectivity index (χ4v) is 6.52. The Morgan fingerprint density at radius 2 is 1.95 bits per heavy atom. The number of carbonyl (C=O) groups excluding carboxylic acids is 1. The standard InChI is InChI=1S/C31H46N8O/c1-22-18-24-27(40)34-20-31(12-8-9-13-31)39(24)26(22)36-28(32-7)35-25-11-10-23(19-33-25)37-16-17-38(30(5,6)21-37)15-14-29(2,3)4/h10-11,18-19H,7-9,12-17,20-21H2,1-6H3,(H,34,40)(H,33,35,36). The molecule has 0 unspecified atom stereocenters. The van der Waals surface area contributed by atoms with E-state index in [-0.39, 0.29) is 17.0 Å². The van der Waals surface area contributed by atoms with Gasteiger partial charge in [0, 0.05) is 31.7 Å². The highest BCUT2D eigenvalue weighted by atomic mass is 16.2. The minimum Gasteiger partial charge on any atom is -0.367 e. The molecule has 2 N–H and O–H groups in total. The molecular formula is C31H46N8O. The van der Waals surface area contributed by atoms with E-state index < -0.39 is 0 Å². The van der Waals surface area contributed by atoms with Crippen LogP contribution in [0.15, 0.2) is 34.4 Å². The van der Waals surface area contributed by atoms with Crippen molar-refractivity contribution in [2.24, 2.45) is 15.4 Å². The third-order valence-corrected chi connectivity index (χ3v) is 8.90. The average Bonchev–Trinajstić information content (AvgIpc) is 3.50. The Morgan fingerprint density at radius 1 is 1.20 bits per heavy atom. The maximum atomic E-state index is 12.7. The zero-order chi connectivity index (χ0) is 28.7. The van der Waals surface area contributed by atoms with Gasteiger partial charge in [-0.15, -0.1) is 0 Å². The van der Waals surface area contributed by atoms with Crippen molar-refractivity contribution in [1.82, 2.24) is 19.8 Å². The number of piperazine rings is 1. The lowest BCUT2D eigenvalue weighted by Gasteiger charge is -2.48. The quantitative estimate of drug-likeness (QED) is 0.390. The van der Waals surface area contributed by atoms with Gasteiger partial charge in [0.05, 0.1) is 17.4 Å². The van der Waals surface area contributed by atoms with E-state index in [1.807, 2.05) is 25.3 Å². The Bertz CT molecular complexity index is 1280. The highest BCUT2D eigenvalue weighted by Gasteiger charge is 2.43. The topological polar surface area (TPSA) is 90.1 Å². The fraction of sp³-hybridized carbons (Fsp3) is 0.613. The van der Waals surface area contributed by atoms with Crippen LogP contribution in [0.4, 0.5) is 17.3 Å². The van der Waals surface area contributed by atoms with E-state index in [0.29, 0.717) is 29.4 Å². The largest absolute Gasteiger partial charge is 0.367 e. The van der Waals surface area contributed by atoms with Gasteiger partial charge in [0.1, 0.15) is 17.3 Å². The Balaban J connectivity index is 1.31. The second-order valence-corrected chi connectivity index (χ2v) is 13.6. The summed E-state index contributed by atoms with van der Waals surface area (Å²) in [7, 11) is 0. The Kier molecular flexibility index (Phi) is 7.54. The predicted molar refractivity (Wildman–Crippen MR) is 164 cm³/mol. The van der Waals surface area contributed by atoms with Crippen LogP contribution in [0.3, 0.4) is 0 Å². The monoisotopic (exact) mass is 546 g/mol. The Hall–Kier alpha value is -3.20. The van der Waals surface area contributed by atoms with Gasteiger partial charge in [0.25, 0.3) is 5.91 Å². The zero-order valence-corrected chi connectivity index (χ0v) is 25.2. The van der Waals surface area contributed by atoms with Gasteiger partial charge in [0.15, 0.2) is 0 Å². The van der Waals surface area contributed by atoms with Crippen LogP contribution in [0.5, 0.6) is 0 Å². The zero-order valence-electron chi connectivity index (χ0n) is 25.2. The third kappa shape index (κ3) is 5.66. The molecule has 0 radical (unpaired) electrons. The lowest BCUT2D eigenvalue weighted by molar-refractivity contribution is 0.0873. The van der Waals surface area contributed by atoms with Crippen LogP contribution in [-0.2, 0) is 5.54 Å². The molecule has 216 valence electrons. The molecule has 2 aromatic heterocycles. The molecule has 1 saturated carbocycles. The summed E-state index contributed by atoms with van der Waals surface area (Å²) >= 11 is 0. The molecule has 1 spiro atoms. The molecule has 0 bridgehead atoms. The summed E-state index contributed by atoms with van der Waals surface area (Å²) in [6, 6.07) is 6.02. The van der Waals surface area contributed by atoms with Gasteiger partial charge in [-0.25, -0.2) is 9.98 Å². The van der Waals surface area contributed by atoms with Crippen molar-refractivity contribution in [3.63, 3.8) is 0 Å². The predicted octanol–water partition coefficient (Wildman–Crippen LogP) is 5.34. The van der Waals surface area contributed by atoms with Crippen molar-refractivity contribution < 1.29 is 4.79 Å². The van der Waals surface area contributed by atoms with E-state index in [4.69, 9.17) is 9.98 Å². The minimum atomic E-state index is -0.118. The number of hydrogen-bond donors (Lipinski definition) is 2. The Labute approximate surface area is 239 Å². The number of aryl methyl sites for hydroxylation is 1. The van der Waals surface area contributed by atoms with Crippen LogP contribution < -0.4 is 15.5 Å².